The van der Waals surface area contributed by atoms with E-state index in [0.717, 1.165) is 5.00 Å². The predicted octanol–water partition coefficient (Wildman–Crippen LogP) is -0.150. The highest BCUT2D eigenvalue weighted by atomic mass is 32.1. The number of carbonyl (C=O) groups is 1. The topological polar surface area (TPSA) is 72.1 Å². The van der Waals surface area contributed by atoms with E-state index >= 15 is 0 Å². The van der Waals surface area contributed by atoms with Crippen LogP contribution in [0, 0.1) is 5.92 Å². The fourth-order valence-corrected chi connectivity index (χ4v) is 1.98. The summed E-state index contributed by atoms with van der Waals surface area (Å²) < 4.78 is 3.72. The van der Waals surface area contributed by atoms with Crippen LogP contribution < -0.4 is 10.6 Å². The minimum Gasteiger partial charge on any atom is -0.330 e. The van der Waals surface area contributed by atoms with E-state index in [1.165, 1.54) is 11.5 Å². The van der Waals surface area contributed by atoms with Crippen molar-refractivity contribution in [3.05, 3.63) is 6.20 Å². The van der Waals surface area contributed by atoms with Gasteiger partial charge in [0.25, 0.3) is 0 Å². The van der Waals surface area contributed by atoms with E-state index < -0.39 is 0 Å². The lowest BCUT2D eigenvalue weighted by Crippen LogP contribution is -2.24. The zero-order valence-electron chi connectivity index (χ0n) is 7.01. The molecule has 1 amide bonds. The molecule has 70 valence electrons. The van der Waals surface area contributed by atoms with Gasteiger partial charge >= 0.3 is 0 Å². The monoisotopic (exact) mass is 198 g/mol. The lowest BCUT2D eigenvalue weighted by molar-refractivity contribution is -0.117. The van der Waals surface area contributed by atoms with E-state index in [2.05, 4.69) is 9.59 Å². The van der Waals surface area contributed by atoms with Gasteiger partial charge in [0.15, 0.2) is 0 Å². The Morgan fingerprint density at radius 2 is 2.62 bits per heavy atom. The van der Waals surface area contributed by atoms with E-state index in [0.29, 0.717) is 19.5 Å². The van der Waals surface area contributed by atoms with E-state index in [-0.39, 0.29) is 11.8 Å². The van der Waals surface area contributed by atoms with Gasteiger partial charge in [-0.1, -0.05) is 4.49 Å². The zero-order chi connectivity index (χ0) is 9.26. The molecule has 1 aliphatic rings. The maximum atomic E-state index is 11.5. The van der Waals surface area contributed by atoms with Gasteiger partial charge in [-0.25, -0.2) is 0 Å². The third-order valence-corrected chi connectivity index (χ3v) is 2.84. The summed E-state index contributed by atoms with van der Waals surface area (Å²) in [5.74, 6) is 0.413. The number of hydrogen-bond acceptors (Lipinski definition) is 5. The minimum atomic E-state index is 0.126. The molecule has 1 aromatic heterocycles. The number of anilines is 1. The Morgan fingerprint density at radius 1 is 1.77 bits per heavy atom. The molecule has 1 unspecified atom stereocenters. The number of carbonyl (C=O) groups excluding carboxylic acids is 1. The van der Waals surface area contributed by atoms with E-state index in [1.807, 2.05) is 0 Å². The average molecular weight is 198 g/mol. The van der Waals surface area contributed by atoms with Crippen LogP contribution in [0.1, 0.15) is 6.42 Å². The Labute approximate surface area is 79.7 Å². The van der Waals surface area contributed by atoms with Gasteiger partial charge < -0.3 is 10.6 Å². The first-order chi connectivity index (χ1) is 6.31. The maximum absolute atomic E-state index is 11.5. The quantitative estimate of drug-likeness (QED) is 0.717. The molecule has 0 aliphatic carbocycles. The van der Waals surface area contributed by atoms with Crippen molar-refractivity contribution in [1.29, 1.82) is 0 Å². The van der Waals surface area contributed by atoms with Crippen molar-refractivity contribution in [3.63, 3.8) is 0 Å². The first kappa shape index (κ1) is 8.58. The predicted molar refractivity (Wildman–Crippen MR) is 49.4 cm³/mol. The standard InChI is InChI=1S/C7H10N4OS/c8-2-5-1-6(12)11(4-5)7-3-9-10-13-7/h3,5H,1-2,4,8H2. The lowest BCUT2D eigenvalue weighted by atomic mass is 10.1. The number of rotatable bonds is 2. The number of aromatic nitrogens is 2. The summed E-state index contributed by atoms with van der Waals surface area (Å²) in [6, 6.07) is 0. The molecular weight excluding hydrogens is 188 g/mol. The van der Waals surface area contributed by atoms with Gasteiger partial charge in [0.05, 0.1) is 6.20 Å². The van der Waals surface area contributed by atoms with Crippen molar-refractivity contribution in [2.24, 2.45) is 11.7 Å². The van der Waals surface area contributed by atoms with Crippen molar-refractivity contribution in [2.45, 2.75) is 6.42 Å². The normalized spacial score (nSPS) is 22.7. The van der Waals surface area contributed by atoms with Gasteiger partial charge in [-0.2, -0.15) is 0 Å². The molecule has 5 nitrogen and oxygen atoms in total. The molecule has 0 bridgehead atoms. The summed E-state index contributed by atoms with van der Waals surface area (Å²) in [6.07, 6.45) is 2.16. The summed E-state index contributed by atoms with van der Waals surface area (Å²) in [5, 5.41) is 4.52. The fourth-order valence-electron chi connectivity index (χ4n) is 1.43. The second-order valence-corrected chi connectivity index (χ2v) is 3.83. The molecule has 0 radical (unpaired) electrons. The van der Waals surface area contributed by atoms with Gasteiger partial charge in [0.1, 0.15) is 5.00 Å². The summed E-state index contributed by atoms with van der Waals surface area (Å²) >= 11 is 1.24. The highest BCUT2D eigenvalue weighted by Crippen LogP contribution is 2.25. The smallest absolute Gasteiger partial charge is 0.228 e. The van der Waals surface area contributed by atoms with Crippen LogP contribution in [0.3, 0.4) is 0 Å². The van der Waals surface area contributed by atoms with Crippen molar-refractivity contribution in [3.8, 4) is 0 Å². The molecule has 0 saturated carbocycles. The highest BCUT2D eigenvalue weighted by Gasteiger charge is 2.30. The molecule has 13 heavy (non-hydrogen) atoms. The molecule has 1 saturated heterocycles. The SMILES string of the molecule is NCC1CC(=O)N(c2cnns2)C1. The summed E-state index contributed by atoms with van der Waals surface area (Å²) in [6.45, 7) is 1.27. The molecule has 2 rings (SSSR count). The van der Waals surface area contributed by atoms with E-state index in [4.69, 9.17) is 5.73 Å². The zero-order valence-corrected chi connectivity index (χ0v) is 7.83. The van der Waals surface area contributed by atoms with E-state index in [9.17, 15) is 4.79 Å². The molecule has 1 atom stereocenters. The third-order valence-electron chi connectivity index (χ3n) is 2.15. The minimum absolute atomic E-state index is 0.126. The summed E-state index contributed by atoms with van der Waals surface area (Å²) in [4.78, 5) is 13.2. The fraction of sp³-hybridized carbons (Fsp3) is 0.571. The molecule has 2 N–H and O–H groups in total. The molecule has 0 spiro atoms. The van der Waals surface area contributed by atoms with Crippen LogP contribution in [-0.2, 0) is 4.79 Å². The Kier molecular flexibility index (Phi) is 2.24. The first-order valence-electron chi connectivity index (χ1n) is 4.09. The van der Waals surface area contributed by atoms with Crippen LogP contribution in [-0.4, -0.2) is 28.6 Å². The number of nitrogens with zero attached hydrogens (tertiary/aromatic N) is 3. The van der Waals surface area contributed by atoms with Gasteiger partial charge in [0.2, 0.25) is 5.91 Å². The van der Waals surface area contributed by atoms with E-state index in [1.54, 1.807) is 11.1 Å². The van der Waals surface area contributed by atoms with Crippen LogP contribution in [0.2, 0.25) is 0 Å². The Bertz CT molecular complexity index is 299. The highest BCUT2D eigenvalue weighted by molar-refractivity contribution is 7.10. The van der Waals surface area contributed by atoms with Crippen molar-refractivity contribution < 1.29 is 4.79 Å². The molecular formula is C7H10N4OS. The van der Waals surface area contributed by atoms with Crippen molar-refractivity contribution in [2.75, 3.05) is 18.0 Å². The second-order valence-electron chi connectivity index (χ2n) is 3.07. The van der Waals surface area contributed by atoms with Gasteiger partial charge in [0, 0.05) is 24.5 Å². The average Bonchev–Trinajstić information content (AvgIpc) is 2.72. The molecule has 6 heteroatoms. The first-order valence-corrected chi connectivity index (χ1v) is 4.86. The summed E-state index contributed by atoms with van der Waals surface area (Å²) in [5.41, 5.74) is 5.50. The van der Waals surface area contributed by atoms with Crippen molar-refractivity contribution in [1.82, 2.24) is 9.59 Å². The van der Waals surface area contributed by atoms with Crippen LogP contribution >= 0.6 is 11.5 Å². The molecule has 2 heterocycles. The van der Waals surface area contributed by atoms with Crippen molar-refractivity contribution >= 4 is 22.4 Å². The third kappa shape index (κ3) is 1.54. The number of nitrogens with two attached hydrogens (primary N) is 1. The largest absolute Gasteiger partial charge is 0.330 e. The van der Waals surface area contributed by atoms with Crippen LogP contribution in [0.15, 0.2) is 6.20 Å². The lowest BCUT2D eigenvalue weighted by Gasteiger charge is -2.11. The van der Waals surface area contributed by atoms with Crippen LogP contribution in [0.4, 0.5) is 5.00 Å². The summed E-state index contributed by atoms with van der Waals surface area (Å²) in [7, 11) is 0. The van der Waals surface area contributed by atoms with Gasteiger partial charge in [-0.3, -0.25) is 4.79 Å². The number of hydrogen-bond donors (Lipinski definition) is 1. The molecule has 0 aromatic carbocycles. The second kappa shape index (κ2) is 3.39. The van der Waals surface area contributed by atoms with Gasteiger partial charge in [-0.05, 0) is 12.5 Å². The van der Waals surface area contributed by atoms with Crippen LogP contribution in [0.5, 0.6) is 0 Å². The maximum Gasteiger partial charge on any atom is 0.228 e. The Balaban J connectivity index is 2.14. The molecule has 1 aliphatic heterocycles. The molecule has 1 aromatic rings. The Hall–Kier alpha value is -1.01. The van der Waals surface area contributed by atoms with Crippen LogP contribution in [0.25, 0.3) is 0 Å². The Morgan fingerprint density at radius 3 is 3.15 bits per heavy atom. The molecule has 1 fully saturated rings. The van der Waals surface area contributed by atoms with Gasteiger partial charge in [-0.15, -0.1) is 5.10 Å². The number of amides is 1.